The minimum atomic E-state index is 0.623. The van der Waals surface area contributed by atoms with Gasteiger partial charge in [-0.2, -0.15) is 5.21 Å². The standard InChI is InChI=1S/C13H6BrN5S/c14-11-7-5-9-12(10(11)13-15-17-18-16-13)19(7)6-3-1-2-4-8(6)20-9/h1-5H,(H,15,16,17,18). The third-order valence-electron chi connectivity index (χ3n) is 3.54. The Balaban J connectivity index is 1.93. The number of H-pyrrole nitrogens is 1. The maximum Gasteiger partial charge on any atom is 0.208 e. The van der Waals surface area contributed by atoms with E-state index in [1.54, 1.807) is 11.8 Å². The molecule has 96 valence electrons. The Morgan fingerprint density at radius 3 is 2.95 bits per heavy atom. The van der Waals surface area contributed by atoms with Gasteiger partial charge < -0.3 is 4.57 Å². The largest absolute Gasteiger partial charge is 0.306 e. The van der Waals surface area contributed by atoms with E-state index in [0.717, 1.165) is 21.1 Å². The summed E-state index contributed by atoms with van der Waals surface area (Å²) in [6, 6.07) is 10.6. The van der Waals surface area contributed by atoms with Gasteiger partial charge in [0.2, 0.25) is 5.82 Å². The van der Waals surface area contributed by atoms with Crippen molar-refractivity contribution < 1.29 is 0 Å². The number of benzene rings is 2. The van der Waals surface area contributed by atoms with Gasteiger partial charge in [-0.15, -0.1) is 10.2 Å². The van der Waals surface area contributed by atoms with E-state index < -0.39 is 0 Å². The summed E-state index contributed by atoms with van der Waals surface area (Å²) in [6.07, 6.45) is 0. The minimum absolute atomic E-state index is 0.623. The van der Waals surface area contributed by atoms with Crippen molar-refractivity contribution in [1.82, 2.24) is 25.2 Å². The van der Waals surface area contributed by atoms with Crippen LogP contribution in [-0.4, -0.2) is 25.2 Å². The van der Waals surface area contributed by atoms with Gasteiger partial charge in [-0.3, -0.25) is 0 Å². The van der Waals surface area contributed by atoms with E-state index in [-0.39, 0.29) is 0 Å². The first kappa shape index (κ1) is 10.9. The summed E-state index contributed by atoms with van der Waals surface area (Å²) in [6.45, 7) is 0. The maximum atomic E-state index is 4.12. The van der Waals surface area contributed by atoms with Crippen molar-refractivity contribution >= 4 is 38.7 Å². The molecule has 0 aliphatic carbocycles. The average Bonchev–Trinajstić information content (AvgIpc) is 3.12. The first-order valence-corrected chi connectivity index (χ1v) is 7.63. The van der Waals surface area contributed by atoms with Crippen molar-refractivity contribution in [3.63, 3.8) is 0 Å². The van der Waals surface area contributed by atoms with Crippen molar-refractivity contribution in [2.45, 2.75) is 9.79 Å². The fourth-order valence-electron chi connectivity index (χ4n) is 2.76. The second-order valence-corrected chi connectivity index (χ2v) is 6.45. The molecule has 0 spiro atoms. The highest BCUT2D eigenvalue weighted by molar-refractivity contribution is 9.10. The van der Waals surface area contributed by atoms with E-state index in [0.29, 0.717) is 5.82 Å². The molecular formula is C13H6BrN5S. The molecule has 3 aromatic heterocycles. The van der Waals surface area contributed by atoms with E-state index in [1.807, 2.05) is 0 Å². The van der Waals surface area contributed by atoms with Crippen LogP contribution < -0.4 is 0 Å². The smallest absolute Gasteiger partial charge is 0.208 e. The van der Waals surface area contributed by atoms with Gasteiger partial charge in [-0.25, -0.2) is 0 Å². The molecule has 4 heterocycles. The van der Waals surface area contributed by atoms with Crippen molar-refractivity contribution in [1.29, 1.82) is 0 Å². The van der Waals surface area contributed by atoms with Gasteiger partial charge in [-0.05, 0) is 39.3 Å². The predicted molar refractivity (Wildman–Crippen MR) is 79.5 cm³/mol. The lowest BCUT2D eigenvalue weighted by molar-refractivity contribution is 0.881. The number of hydrogen-bond acceptors (Lipinski definition) is 4. The molecule has 1 aliphatic heterocycles. The Morgan fingerprint density at radius 1 is 1.20 bits per heavy atom. The van der Waals surface area contributed by atoms with Crippen LogP contribution in [0.5, 0.6) is 0 Å². The molecule has 7 heteroatoms. The first-order valence-electron chi connectivity index (χ1n) is 6.02. The average molecular weight is 344 g/mol. The number of aromatic amines is 1. The number of aromatic nitrogens is 5. The highest BCUT2D eigenvalue weighted by Crippen LogP contribution is 2.52. The normalized spacial score (nSPS) is 13.1. The van der Waals surface area contributed by atoms with Gasteiger partial charge in [0.15, 0.2) is 0 Å². The Hall–Kier alpha value is -1.86. The van der Waals surface area contributed by atoms with Crippen LogP contribution in [0.3, 0.4) is 0 Å². The third kappa shape index (κ3) is 1.17. The van der Waals surface area contributed by atoms with Crippen LogP contribution in [-0.2, 0) is 0 Å². The number of hydrogen-bond donors (Lipinski definition) is 1. The Labute approximate surface area is 125 Å². The maximum absolute atomic E-state index is 4.12. The van der Waals surface area contributed by atoms with Crippen LogP contribution in [0.1, 0.15) is 0 Å². The molecule has 0 saturated heterocycles. The zero-order valence-corrected chi connectivity index (χ0v) is 12.4. The van der Waals surface area contributed by atoms with Crippen LogP contribution in [0.4, 0.5) is 0 Å². The molecule has 1 N–H and O–H groups in total. The van der Waals surface area contributed by atoms with Gasteiger partial charge in [0.25, 0.3) is 0 Å². The zero-order valence-electron chi connectivity index (χ0n) is 9.96. The molecule has 4 bridgehead atoms. The Kier molecular flexibility index (Phi) is 1.97. The van der Waals surface area contributed by atoms with Crippen molar-refractivity contribution in [3.05, 3.63) is 34.8 Å². The van der Waals surface area contributed by atoms with E-state index in [2.05, 4.69) is 71.5 Å². The van der Waals surface area contributed by atoms with Gasteiger partial charge >= 0.3 is 0 Å². The molecule has 0 saturated carbocycles. The molecule has 20 heavy (non-hydrogen) atoms. The summed E-state index contributed by atoms with van der Waals surface area (Å²) < 4.78 is 3.28. The van der Waals surface area contributed by atoms with Gasteiger partial charge in [0.1, 0.15) is 0 Å². The van der Waals surface area contributed by atoms with Crippen LogP contribution in [0, 0.1) is 0 Å². The van der Waals surface area contributed by atoms with Crippen LogP contribution in [0.2, 0.25) is 0 Å². The van der Waals surface area contributed by atoms with E-state index in [1.165, 1.54) is 15.5 Å². The quantitative estimate of drug-likeness (QED) is 0.506. The number of nitrogens with zero attached hydrogens (tertiary/aromatic N) is 4. The molecule has 0 atom stereocenters. The van der Waals surface area contributed by atoms with Crippen LogP contribution in [0.25, 0.3) is 28.1 Å². The molecule has 4 aromatic rings. The summed E-state index contributed by atoms with van der Waals surface area (Å²) in [5.41, 5.74) is 4.51. The summed E-state index contributed by atoms with van der Waals surface area (Å²) in [7, 11) is 0. The van der Waals surface area contributed by atoms with Crippen molar-refractivity contribution in [2.75, 3.05) is 0 Å². The van der Waals surface area contributed by atoms with Gasteiger partial charge in [0, 0.05) is 9.79 Å². The fourth-order valence-corrected chi connectivity index (χ4v) is 4.53. The molecule has 1 aliphatic rings. The molecule has 1 aromatic carbocycles. The Morgan fingerprint density at radius 2 is 2.10 bits per heavy atom. The molecular weight excluding hydrogens is 338 g/mol. The molecule has 0 unspecified atom stereocenters. The number of nitrogens with one attached hydrogen (secondary N) is 1. The second kappa shape index (κ2) is 3.62. The minimum Gasteiger partial charge on any atom is -0.306 e. The van der Waals surface area contributed by atoms with E-state index in [4.69, 9.17) is 0 Å². The summed E-state index contributed by atoms with van der Waals surface area (Å²) in [5.74, 6) is 0.623. The molecule has 0 radical (unpaired) electrons. The lowest BCUT2D eigenvalue weighted by Gasteiger charge is -2.15. The second-order valence-electron chi connectivity index (χ2n) is 4.57. The van der Waals surface area contributed by atoms with Gasteiger partial charge in [-0.1, -0.05) is 23.9 Å². The number of rotatable bonds is 1. The number of halogens is 1. The number of para-hydroxylation sites is 1. The Bertz CT molecular complexity index is 943. The van der Waals surface area contributed by atoms with E-state index in [9.17, 15) is 0 Å². The van der Waals surface area contributed by atoms with Gasteiger partial charge in [0.05, 0.1) is 26.8 Å². The molecule has 5 nitrogen and oxygen atoms in total. The predicted octanol–water partition coefficient (Wildman–Crippen LogP) is 3.48. The van der Waals surface area contributed by atoms with Crippen LogP contribution >= 0.6 is 27.7 Å². The topological polar surface area (TPSA) is 59.4 Å². The van der Waals surface area contributed by atoms with E-state index >= 15 is 0 Å². The fraction of sp³-hybridized carbons (Fsp3) is 0. The number of tetrazole rings is 1. The third-order valence-corrected chi connectivity index (χ3v) is 5.44. The summed E-state index contributed by atoms with van der Waals surface area (Å²) in [5, 5.41) is 14.4. The molecule has 0 fully saturated rings. The molecule has 5 rings (SSSR count). The highest BCUT2D eigenvalue weighted by Gasteiger charge is 2.30. The SMILES string of the molecule is Brc1c(-c2nn[nH]n2)c2c3cc1n2-c1ccccc1S3. The summed E-state index contributed by atoms with van der Waals surface area (Å²) in [4.78, 5) is 2.51. The summed E-state index contributed by atoms with van der Waals surface area (Å²) >= 11 is 5.46. The zero-order chi connectivity index (χ0) is 13.3. The monoisotopic (exact) mass is 343 g/mol. The van der Waals surface area contributed by atoms with Crippen molar-refractivity contribution in [2.24, 2.45) is 0 Å². The first-order chi connectivity index (χ1) is 9.84. The van der Waals surface area contributed by atoms with Crippen molar-refractivity contribution in [3.8, 4) is 17.1 Å². The van der Waals surface area contributed by atoms with Crippen LogP contribution in [0.15, 0.2) is 44.6 Å². The highest BCUT2D eigenvalue weighted by atomic mass is 79.9. The lowest BCUT2D eigenvalue weighted by atomic mass is 10.2. The number of fused-ring (bicyclic) bond motifs is 1. The lowest BCUT2D eigenvalue weighted by Crippen LogP contribution is -1.97. The molecule has 0 amide bonds.